The van der Waals surface area contributed by atoms with Crippen LogP contribution in [0.15, 0.2) is 23.2 Å². The molecule has 1 fully saturated rings. The number of rotatable bonds is 3. The third-order valence-corrected chi connectivity index (χ3v) is 5.22. The number of piperidine rings is 1. The van der Waals surface area contributed by atoms with Crippen molar-refractivity contribution >= 4 is 10.0 Å². The second-order valence-electron chi connectivity index (χ2n) is 5.09. The number of sulfonamides is 1. The van der Waals surface area contributed by atoms with Crippen molar-refractivity contribution in [1.29, 1.82) is 0 Å². The number of nitrogens with zero attached hydrogens (tertiary/aromatic N) is 2. The van der Waals surface area contributed by atoms with Crippen molar-refractivity contribution in [1.82, 2.24) is 9.29 Å². The zero-order valence-electron chi connectivity index (χ0n) is 10.9. The molecule has 7 heteroatoms. The SMILES string of the molecule is CC1(O)CCCN(S(=O)(=O)c2cccnc2CN)C1. The maximum Gasteiger partial charge on any atom is 0.245 e. The van der Waals surface area contributed by atoms with Crippen LogP contribution in [0.1, 0.15) is 25.5 Å². The van der Waals surface area contributed by atoms with E-state index in [1.54, 1.807) is 13.0 Å². The van der Waals surface area contributed by atoms with E-state index in [-0.39, 0.29) is 18.0 Å². The molecule has 1 atom stereocenters. The Bertz CT molecular complexity index is 557. The van der Waals surface area contributed by atoms with Crippen molar-refractivity contribution in [3.8, 4) is 0 Å². The van der Waals surface area contributed by atoms with Crippen LogP contribution in [-0.2, 0) is 16.6 Å². The Morgan fingerprint density at radius 3 is 2.95 bits per heavy atom. The maximum atomic E-state index is 12.6. The summed E-state index contributed by atoms with van der Waals surface area (Å²) in [5.41, 5.74) is 4.91. The molecule has 1 aromatic rings. The smallest absolute Gasteiger partial charge is 0.245 e. The number of aliphatic hydroxyl groups is 1. The van der Waals surface area contributed by atoms with Crippen LogP contribution in [-0.4, -0.2) is 41.5 Å². The molecule has 0 aromatic carbocycles. The molecule has 106 valence electrons. The van der Waals surface area contributed by atoms with Crippen LogP contribution in [0.3, 0.4) is 0 Å². The molecule has 6 nitrogen and oxygen atoms in total. The van der Waals surface area contributed by atoms with E-state index in [1.807, 2.05) is 0 Å². The molecule has 0 bridgehead atoms. The third kappa shape index (κ3) is 2.94. The highest BCUT2D eigenvalue weighted by atomic mass is 32.2. The first-order chi connectivity index (χ1) is 8.87. The van der Waals surface area contributed by atoms with Crippen LogP contribution in [0.4, 0.5) is 0 Å². The minimum absolute atomic E-state index is 0.0691. The van der Waals surface area contributed by atoms with E-state index in [0.29, 0.717) is 25.1 Å². The first-order valence-electron chi connectivity index (χ1n) is 6.23. The van der Waals surface area contributed by atoms with Crippen LogP contribution < -0.4 is 5.73 Å². The van der Waals surface area contributed by atoms with Crippen LogP contribution in [0, 0.1) is 0 Å². The quantitative estimate of drug-likeness (QED) is 0.819. The number of pyridine rings is 1. The topological polar surface area (TPSA) is 96.5 Å². The van der Waals surface area contributed by atoms with Crippen LogP contribution in [0.5, 0.6) is 0 Å². The summed E-state index contributed by atoms with van der Waals surface area (Å²) in [7, 11) is -3.64. The molecule has 1 aliphatic rings. The highest BCUT2D eigenvalue weighted by Gasteiger charge is 2.36. The molecule has 0 spiro atoms. The molecule has 1 aromatic heterocycles. The molecule has 0 radical (unpaired) electrons. The van der Waals surface area contributed by atoms with Gasteiger partial charge in [-0.15, -0.1) is 0 Å². The highest BCUT2D eigenvalue weighted by molar-refractivity contribution is 7.89. The largest absolute Gasteiger partial charge is 0.389 e. The maximum absolute atomic E-state index is 12.6. The molecule has 3 N–H and O–H groups in total. The summed E-state index contributed by atoms with van der Waals surface area (Å²) < 4.78 is 26.5. The average Bonchev–Trinajstić information content (AvgIpc) is 2.37. The van der Waals surface area contributed by atoms with Crippen molar-refractivity contribution in [2.75, 3.05) is 13.1 Å². The molecule has 19 heavy (non-hydrogen) atoms. The standard InChI is InChI=1S/C12H19N3O3S/c1-12(16)5-3-7-15(9-12)19(17,18)11-4-2-6-14-10(11)8-13/h2,4,6,16H,3,5,7-9,13H2,1H3. The minimum atomic E-state index is -3.64. The lowest BCUT2D eigenvalue weighted by molar-refractivity contribution is 0.00938. The van der Waals surface area contributed by atoms with Gasteiger partial charge in [0.1, 0.15) is 4.90 Å². The van der Waals surface area contributed by atoms with Gasteiger partial charge in [0.25, 0.3) is 0 Å². The van der Waals surface area contributed by atoms with E-state index >= 15 is 0 Å². The van der Waals surface area contributed by atoms with E-state index in [1.165, 1.54) is 16.6 Å². The molecule has 2 heterocycles. The van der Waals surface area contributed by atoms with Gasteiger partial charge in [-0.25, -0.2) is 8.42 Å². The van der Waals surface area contributed by atoms with Gasteiger partial charge in [-0.1, -0.05) is 0 Å². The van der Waals surface area contributed by atoms with Crippen molar-refractivity contribution in [2.24, 2.45) is 5.73 Å². The number of aromatic nitrogens is 1. The third-order valence-electron chi connectivity index (χ3n) is 3.30. The van der Waals surface area contributed by atoms with Crippen molar-refractivity contribution in [3.63, 3.8) is 0 Å². The van der Waals surface area contributed by atoms with E-state index in [0.717, 1.165) is 0 Å². The number of β-amino-alcohol motifs (C(OH)–C–C–N with tert-alkyl or cyclic N) is 1. The zero-order valence-corrected chi connectivity index (χ0v) is 11.7. The van der Waals surface area contributed by atoms with Gasteiger partial charge in [0.05, 0.1) is 11.3 Å². The number of hydrogen-bond acceptors (Lipinski definition) is 5. The summed E-state index contributed by atoms with van der Waals surface area (Å²) in [5, 5.41) is 10.0. The molecular formula is C12H19N3O3S. The lowest BCUT2D eigenvalue weighted by Gasteiger charge is -2.36. The molecule has 1 saturated heterocycles. The Kier molecular flexibility index (Phi) is 3.91. The van der Waals surface area contributed by atoms with E-state index < -0.39 is 15.6 Å². The normalized spacial score (nSPS) is 25.4. The molecule has 1 aliphatic heterocycles. The Morgan fingerprint density at radius 2 is 2.32 bits per heavy atom. The van der Waals surface area contributed by atoms with Gasteiger partial charge in [-0.3, -0.25) is 4.98 Å². The van der Waals surface area contributed by atoms with E-state index in [9.17, 15) is 13.5 Å². The first kappa shape index (κ1) is 14.4. The minimum Gasteiger partial charge on any atom is -0.389 e. The van der Waals surface area contributed by atoms with E-state index in [4.69, 9.17) is 5.73 Å². The van der Waals surface area contributed by atoms with Gasteiger partial charge >= 0.3 is 0 Å². The number of nitrogens with two attached hydrogens (primary N) is 1. The van der Waals surface area contributed by atoms with Crippen molar-refractivity contribution < 1.29 is 13.5 Å². The molecular weight excluding hydrogens is 266 g/mol. The summed E-state index contributed by atoms with van der Waals surface area (Å²) in [6.07, 6.45) is 2.77. The fraction of sp³-hybridized carbons (Fsp3) is 0.583. The predicted octanol–water partition coefficient (Wildman–Crippen LogP) is 0.0758. The van der Waals surface area contributed by atoms with Gasteiger partial charge in [0.15, 0.2) is 0 Å². The summed E-state index contributed by atoms with van der Waals surface area (Å²) in [6, 6.07) is 3.09. The van der Waals surface area contributed by atoms with E-state index in [2.05, 4.69) is 4.98 Å². The lowest BCUT2D eigenvalue weighted by atomic mass is 9.97. The van der Waals surface area contributed by atoms with Gasteiger partial charge in [-0.05, 0) is 31.9 Å². The highest BCUT2D eigenvalue weighted by Crippen LogP contribution is 2.26. The first-order valence-corrected chi connectivity index (χ1v) is 7.67. The van der Waals surface area contributed by atoms with Crippen LogP contribution in [0.25, 0.3) is 0 Å². The van der Waals surface area contributed by atoms with Crippen molar-refractivity contribution in [3.05, 3.63) is 24.0 Å². The molecule has 0 aliphatic carbocycles. The monoisotopic (exact) mass is 285 g/mol. The Labute approximate surface area is 113 Å². The Balaban J connectivity index is 2.37. The molecule has 0 saturated carbocycles. The zero-order chi connectivity index (χ0) is 14.1. The van der Waals surface area contributed by atoms with Gasteiger partial charge in [-0.2, -0.15) is 4.31 Å². The lowest BCUT2D eigenvalue weighted by Crippen LogP contribution is -2.48. The predicted molar refractivity (Wildman–Crippen MR) is 70.7 cm³/mol. The van der Waals surface area contributed by atoms with Crippen LogP contribution >= 0.6 is 0 Å². The molecule has 0 amide bonds. The second kappa shape index (κ2) is 5.16. The summed E-state index contributed by atoms with van der Waals surface area (Å²) in [4.78, 5) is 4.14. The van der Waals surface area contributed by atoms with Gasteiger partial charge < -0.3 is 10.8 Å². The summed E-state index contributed by atoms with van der Waals surface area (Å²) in [5.74, 6) is 0. The number of hydrogen-bond donors (Lipinski definition) is 2. The Morgan fingerprint density at radius 1 is 1.58 bits per heavy atom. The fourth-order valence-electron chi connectivity index (χ4n) is 2.33. The summed E-state index contributed by atoms with van der Waals surface area (Å²) >= 11 is 0. The fourth-order valence-corrected chi connectivity index (χ4v) is 4.11. The average molecular weight is 285 g/mol. The van der Waals surface area contributed by atoms with Crippen molar-refractivity contribution in [2.45, 2.75) is 36.8 Å². The molecule has 1 unspecified atom stereocenters. The second-order valence-corrected chi connectivity index (χ2v) is 7.00. The summed E-state index contributed by atoms with van der Waals surface area (Å²) in [6.45, 7) is 2.24. The van der Waals surface area contributed by atoms with Gasteiger partial charge in [0, 0.05) is 25.8 Å². The Hall–Kier alpha value is -1.02. The van der Waals surface area contributed by atoms with Gasteiger partial charge in [0.2, 0.25) is 10.0 Å². The molecule has 2 rings (SSSR count). The van der Waals surface area contributed by atoms with Crippen LogP contribution in [0.2, 0.25) is 0 Å².